The van der Waals surface area contributed by atoms with Gasteiger partial charge in [0.2, 0.25) is 0 Å². The van der Waals surface area contributed by atoms with Crippen molar-refractivity contribution >= 4 is 11.6 Å². The van der Waals surface area contributed by atoms with E-state index >= 15 is 0 Å². The number of benzene rings is 1. The molecule has 17 heavy (non-hydrogen) atoms. The van der Waals surface area contributed by atoms with Crippen LogP contribution in [0.5, 0.6) is 5.75 Å². The molecule has 96 valence electrons. The third kappa shape index (κ3) is 4.94. The van der Waals surface area contributed by atoms with E-state index in [1.165, 1.54) is 0 Å². The molecule has 0 aliphatic carbocycles. The van der Waals surface area contributed by atoms with Crippen LogP contribution >= 0.6 is 11.6 Å². The number of phenols is 1. The summed E-state index contributed by atoms with van der Waals surface area (Å²) in [5.41, 5.74) is 0.315. The maximum absolute atomic E-state index is 9.96. The molecule has 0 radical (unpaired) electrons. The smallest absolute Gasteiger partial charge is 0.134 e. The molecule has 0 spiro atoms. The molecule has 0 aliphatic rings. The zero-order valence-electron chi connectivity index (χ0n) is 10.3. The van der Waals surface area contributed by atoms with E-state index in [4.69, 9.17) is 11.6 Å². The maximum atomic E-state index is 9.96. The Kier molecular flexibility index (Phi) is 5.25. The van der Waals surface area contributed by atoms with Crippen LogP contribution in [-0.4, -0.2) is 22.4 Å². The van der Waals surface area contributed by atoms with Crippen LogP contribution in [-0.2, 0) is 6.54 Å². The van der Waals surface area contributed by atoms with E-state index in [9.17, 15) is 10.2 Å². The van der Waals surface area contributed by atoms with Crippen molar-refractivity contribution in [3.63, 3.8) is 0 Å². The molecular weight excluding hydrogens is 238 g/mol. The highest BCUT2D eigenvalue weighted by Gasteiger charge is 2.17. The first-order chi connectivity index (χ1) is 7.94. The Hall–Kier alpha value is -0.770. The minimum atomic E-state index is -0.671. The minimum Gasteiger partial charge on any atom is -0.506 e. The summed E-state index contributed by atoms with van der Waals surface area (Å²) >= 11 is 5.81. The summed E-state index contributed by atoms with van der Waals surface area (Å²) in [4.78, 5) is 0. The predicted molar refractivity (Wildman–Crippen MR) is 70.4 cm³/mol. The molecule has 3 nitrogen and oxygen atoms in total. The molecule has 1 aromatic rings. The quantitative estimate of drug-likeness (QED) is 0.735. The van der Waals surface area contributed by atoms with E-state index in [2.05, 4.69) is 5.32 Å². The fourth-order valence-corrected chi connectivity index (χ4v) is 1.97. The van der Waals surface area contributed by atoms with Crippen molar-refractivity contribution in [1.82, 2.24) is 5.32 Å². The number of hydrogen-bond acceptors (Lipinski definition) is 3. The van der Waals surface area contributed by atoms with Crippen LogP contribution in [0, 0.1) is 0 Å². The lowest BCUT2D eigenvalue weighted by molar-refractivity contribution is 0.0498. The van der Waals surface area contributed by atoms with Gasteiger partial charge in [0.1, 0.15) is 5.75 Å². The summed E-state index contributed by atoms with van der Waals surface area (Å²) in [6.45, 7) is 5.04. The standard InChI is InChI=1S/C13H20ClNO2/c1-3-6-13(2,17)9-15-8-10-4-5-12(16)11(14)7-10/h4-5,7,15-17H,3,6,8-9H2,1-2H3. The molecule has 1 aromatic carbocycles. The Bertz CT molecular complexity index is 366. The molecular formula is C13H20ClNO2. The van der Waals surface area contributed by atoms with Crippen molar-refractivity contribution in [3.05, 3.63) is 28.8 Å². The molecule has 4 heteroatoms. The highest BCUT2D eigenvalue weighted by molar-refractivity contribution is 6.32. The molecule has 0 bridgehead atoms. The first-order valence-corrected chi connectivity index (χ1v) is 6.23. The highest BCUT2D eigenvalue weighted by Crippen LogP contribution is 2.23. The zero-order valence-corrected chi connectivity index (χ0v) is 11.1. The number of aliphatic hydroxyl groups is 1. The van der Waals surface area contributed by atoms with Crippen LogP contribution in [0.4, 0.5) is 0 Å². The molecule has 0 amide bonds. The van der Waals surface area contributed by atoms with Crippen molar-refractivity contribution in [2.24, 2.45) is 0 Å². The third-order valence-electron chi connectivity index (χ3n) is 2.64. The normalized spacial score (nSPS) is 14.6. The van der Waals surface area contributed by atoms with Gasteiger partial charge in [0.05, 0.1) is 10.6 Å². The van der Waals surface area contributed by atoms with Crippen LogP contribution in [0.25, 0.3) is 0 Å². The van der Waals surface area contributed by atoms with Crippen LogP contribution in [0.15, 0.2) is 18.2 Å². The van der Waals surface area contributed by atoms with Crippen molar-refractivity contribution in [3.8, 4) is 5.75 Å². The van der Waals surface area contributed by atoms with Crippen LogP contribution < -0.4 is 5.32 Å². The lowest BCUT2D eigenvalue weighted by Gasteiger charge is -2.23. The van der Waals surface area contributed by atoms with Crippen molar-refractivity contribution in [1.29, 1.82) is 0 Å². The van der Waals surface area contributed by atoms with E-state index in [0.717, 1.165) is 18.4 Å². The number of halogens is 1. The number of hydrogen-bond donors (Lipinski definition) is 3. The molecule has 0 saturated heterocycles. The van der Waals surface area contributed by atoms with E-state index in [-0.39, 0.29) is 5.75 Å². The Morgan fingerprint density at radius 3 is 2.71 bits per heavy atom. The van der Waals surface area contributed by atoms with Crippen LogP contribution in [0.3, 0.4) is 0 Å². The fourth-order valence-electron chi connectivity index (χ4n) is 1.76. The van der Waals surface area contributed by atoms with Crippen LogP contribution in [0.2, 0.25) is 5.02 Å². The molecule has 1 rings (SSSR count). The summed E-state index contributed by atoms with van der Waals surface area (Å²) in [5, 5.41) is 22.8. The van der Waals surface area contributed by atoms with Gasteiger partial charge >= 0.3 is 0 Å². The van der Waals surface area contributed by atoms with E-state index in [0.29, 0.717) is 18.1 Å². The van der Waals surface area contributed by atoms with Crippen LogP contribution in [0.1, 0.15) is 32.3 Å². The second kappa shape index (κ2) is 6.24. The van der Waals surface area contributed by atoms with Gasteiger partial charge in [-0.1, -0.05) is 31.0 Å². The first kappa shape index (κ1) is 14.3. The Morgan fingerprint density at radius 2 is 2.12 bits per heavy atom. The van der Waals surface area contributed by atoms with Crippen molar-refractivity contribution < 1.29 is 10.2 Å². The molecule has 1 atom stereocenters. The third-order valence-corrected chi connectivity index (χ3v) is 2.94. The van der Waals surface area contributed by atoms with Gasteiger partial charge in [0.25, 0.3) is 0 Å². The van der Waals surface area contributed by atoms with E-state index in [1.807, 2.05) is 19.9 Å². The second-order valence-corrected chi connectivity index (χ2v) is 5.04. The lowest BCUT2D eigenvalue weighted by atomic mass is 10.0. The number of rotatable bonds is 6. The topological polar surface area (TPSA) is 52.5 Å². The van der Waals surface area contributed by atoms with Crippen molar-refractivity contribution in [2.75, 3.05) is 6.54 Å². The molecule has 0 aromatic heterocycles. The summed E-state index contributed by atoms with van der Waals surface area (Å²) in [7, 11) is 0. The molecule has 0 heterocycles. The van der Waals surface area contributed by atoms with Gasteiger partial charge in [-0.3, -0.25) is 0 Å². The monoisotopic (exact) mass is 257 g/mol. The number of nitrogens with one attached hydrogen (secondary N) is 1. The SMILES string of the molecule is CCCC(C)(O)CNCc1ccc(O)c(Cl)c1. The maximum Gasteiger partial charge on any atom is 0.134 e. The summed E-state index contributed by atoms with van der Waals surface area (Å²) in [6.07, 6.45) is 1.73. The summed E-state index contributed by atoms with van der Waals surface area (Å²) in [6, 6.07) is 5.10. The van der Waals surface area contributed by atoms with Gasteiger partial charge in [-0.05, 0) is 31.0 Å². The van der Waals surface area contributed by atoms with Gasteiger partial charge in [-0.25, -0.2) is 0 Å². The Morgan fingerprint density at radius 1 is 1.41 bits per heavy atom. The predicted octanol–water partition coefficient (Wildman–Crippen LogP) is 2.69. The van der Waals surface area contributed by atoms with E-state index in [1.54, 1.807) is 12.1 Å². The Balaban J connectivity index is 2.43. The van der Waals surface area contributed by atoms with Gasteiger partial charge in [-0.15, -0.1) is 0 Å². The highest BCUT2D eigenvalue weighted by atomic mass is 35.5. The summed E-state index contributed by atoms with van der Waals surface area (Å²) in [5.74, 6) is 0.0911. The molecule has 0 aliphatic heterocycles. The van der Waals surface area contributed by atoms with Gasteiger partial charge in [0.15, 0.2) is 0 Å². The lowest BCUT2D eigenvalue weighted by Crippen LogP contribution is -2.37. The second-order valence-electron chi connectivity index (χ2n) is 4.64. The molecule has 0 fully saturated rings. The van der Waals surface area contributed by atoms with Crippen molar-refractivity contribution in [2.45, 2.75) is 38.8 Å². The molecule has 0 saturated carbocycles. The average Bonchev–Trinajstić information content (AvgIpc) is 2.23. The first-order valence-electron chi connectivity index (χ1n) is 5.85. The molecule has 1 unspecified atom stereocenters. The van der Waals surface area contributed by atoms with Gasteiger partial charge < -0.3 is 15.5 Å². The average molecular weight is 258 g/mol. The number of phenolic OH excluding ortho intramolecular Hbond substituents is 1. The molecule has 3 N–H and O–H groups in total. The van der Waals surface area contributed by atoms with Gasteiger partial charge in [0, 0.05) is 13.1 Å². The minimum absolute atomic E-state index is 0.0911. The van der Waals surface area contributed by atoms with Gasteiger partial charge in [-0.2, -0.15) is 0 Å². The number of aromatic hydroxyl groups is 1. The zero-order chi connectivity index (χ0) is 12.9. The fraction of sp³-hybridized carbons (Fsp3) is 0.538. The Labute approximate surface area is 107 Å². The van der Waals surface area contributed by atoms with E-state index < -0.39 is 5.60 Å². The largest absolute Gasteiger partial charge is 0.506 e. The summed E-state index contributed by atoms with van der Waals surface area (Å²) < 4.78 is 0.